The second-order valence-electron chi connectivity index (χ2n) is 6.40. The van der Waals surface area contributed by atoms with Crippen LogP contribution in [0.25, 0.3) is 0 Å². The van der Waals surface area contributed by atoms with E-state index in [4.69, 9.17) is 4.74 Å². The van der Waals surface area contributed by atoms with E-state index in [0.717, 1.165) is 17.9 Å². The summed E-state index contributed by atoms with van der Waals surface area (Å²) in [5.74, 6) is 0.988. The number of rotatable bonds is 8. The average Bonchev–Trinajstić information content (AvgIpc) is 3.46. The minimum absolute atomic E-state index is 0.120. The lowest BCUT2D eigenvalue weighted by Crippen LogP contribution is -3.13. The van der Waals surface area contributed by atoms with Gasteiger partial charge < -0.3 is 15.0 Å². The zero-order valence-electron chi connectivity index (χ0n) is 14.1. The highest BCUT2D eigenvalue weighted by atomic mass is 16.5. The molecule has 1 atom stereocenters. The van der Waals surface area contributed by atoms with Crippen molar-refractivity contribution in [2.45, 2.75) is 32.0 Å². The SMILES string of the molecule is COc1ccc(C[NH+](CC(=O)NCc2ccccc2)C2CC2)cc1. The molecule has 2 N–H and O–H groups in total. The van der Waals surface area contributed by atoms with Gasteiger partial charge in [0.2, 0.25) is 0 Å². The molecular weight excluding hydrogens is 300 g/mol. The topological polar surface area (TPSA) is 42.8 Å². The maximum absolute atomic E-state index is 12.3. The van der Waals surface area contributed by atoms with Gasteiger partial charge in [-0.1, -0.05) is 30.3 Å². The van der Waals surface area contributed by atoms with Crippen LogP contribution in [0.1, 0.15) is 24.0 Å². The first-order valence-electron chi connectivity index (χ1n) is 8.53. The van der Waals surface area contributed by atoms with Gasteiger partial charge in [0.15, 0.2) is 6.54 Å². The van der Waals surface area contributed by atoms with Crippen molar-refractivity contribution in [3.63, 3.8) is 0 Å². The van der Waals surface area contributed by atoms with E-state index in [9.17, 15) is 4.79 Å². The Morgan fingerprint density at radius 2 is 1.79 bits per heavy atom. The summed E-state index contributed by atoms with van der Waals surface area (Å²) in [6.45, 7) is 2.01. The highest BCUT2D eigenvalue weighted by Gasteiger charge is 2.34. The van der Waals surface area contributed by atoms with Gasteiger partial charge in [-0.05, 0) is 29.8 Å². The normalized spacial score (nSPS) is 14.9. The molecule has 0 radical (unpaired) electrons. The van der Waals surface area contributed by atoms with Gasteiger partial charge in [-0.2, -0.15) is 0 Å². The number of quaternary nitrogens is 1. The minimum atomic E-state index is 0.120. The number of nitrogens with one attached hydrogen (secondary N) is 2. The van der Waals surface area contributed by atoms with Crippen LogP contribution in [-0.2, 0) is 17.9 Å². The van der Waals surface area contributed by atoms with Crippen LogP contribution in [0.3, 0.4) is 0 Å². The quantitative estimate of drug-likeness (QED) is 0.773. The van der Waals surface area contributed by atoms with Crippen molar-refractivity contribution in [3.8, 4) is 5.75 Å². The van der Waals surface area contributed by atoms with Gasteiger partial charge in [0.05, 0.1) is 13.2 Å². The Hall–Kier alpha value is -2.33. The Labute approximate surface area is 143 Å². The summed E-state index contributed by atoms with van der Waals surface area (Å²) >= 11 is 0. The minimum Gasteiger partial charge on any atom is -0.497 e. The molecule has 2 aromatic rings. The van der Waals surface area contributed by atoms with Gasteiger partial charge in [-0.3, -0.25) is 4.79 Å². The van der Waals surface area contributed by atoms with E-state index >= 15 is 0 Å². The highest BCUT2D eigenvalue weighted by Crippen LogP contribution is 2.16. The van der Waals surface area contributed by atoms with E-state index in [1.54, 1.807) is 7.11 Å². The predicted octanol–water partition coefficient (Wildman–Crippen LogP) is 1.56. The van der Waals surface area contributed by atoms with Gasteiger partial charge in [0.25, 0.3) is 5.91 Å². The first-order chi connectivity index (χ1) is 11.7. The molecule has 4 nitrogen and oxygen atoms in total. The van der Waals surface area contributed by atoms with Crippen LogP contribution >= 0.6 is 0 Å². The monoisotopic (exact) mass is 325 g/mol. The molecular formula is C20H25N2O2+. The zero-order valence-corrected chi connectivity index (χ0v) is 14.1. The molecule has 2 aromatic carbocycles. The molecule has 0 aromatic heterocycles. The summed E-state index contributed by atoms with van der Waals surface area (Å²) in [7, 11) is 1.67. The maximum Gasteiger partial charge on any atom is 0.275 e. The summed E-state index contributed by atoms with van der Waals surface area (Å²) in [4.78, 5) is 13.7. The molecule has 1 fully saturated rings. The zero-order chi connectivity index (χ0) is 16.8. The number of hydrogen-bond donors (Lipinski definition) is 2. The first-order valence-corrected chi connectivity index (χ1v) is 8.53. The van der Waals surface area contributed by atoms with Gasteiger partial charge in [0.1, 0.15) is 12.3 Å². The third-order valence-electron chi connectivity index (χ3n) is 4.47. The molecule has 4 heteroatoms. The second-order valence-corrected chi connectivity index (χ2v) is 6.40. The van der Waals surface area contributed by atoms with E-state index < -0.39 is 0 Å². The number of hydrogen-bond acceptors (Lipinski definition) is 2. The molecule has 0 aliphatic heterocycles. The van der Waals surface area contributed by atoms with Gasteiger partial charge >= 0.3 is 0 Å². The third-order valence-corrected chi connectivity index (χ3v) is 4.47. The molecule has 1 saturated carbocycles. The van der Waals surface area contributed by atoms with Gasteiger partial charge in [-0.15, -0.1) is 0 Å². The molecule has 24 heavy (non-hydrogen) atoms. The van der Waals surface area contributed by atoms with Crippen LogP contribution in [0.4, 0.5) is 0 Å². The molecule has 1 aliphatic carbocycles. The molecule has 126 valence electrons. The Bertz CT molecular complexity index is 651. The van der Waals surface area contributed by atoms with Crippen LogP contribution in [0.2, 0.25) is 0 Å². The van der Waals surface area contributed by atoms with Crippen molar-refractivity contribution in [3.05, 3.63) is 65.7 Å². The number of ether oxygens (including phenoxy) is 1. The van der Waals surface area contributed by atoms with E-state index in [-0.39, 0.29) is 5.91 Å². The Morgan fingerprint density at radius 1 is 1.08 bits per heavy atom. The lowest BCUT2D eigenvalue weighted by molar-refractivity contribution is -0.917. The average molecular weight is 325 g/mol. The van der Waals surface area contributed by atoms with E-state index in [1.165, 1.54) is 23.3 Å². The number of carbonyl (C=O) groups is 1. The maximum atomic E-state index is 12.3. The lowest BCUT2D eigenvalue weighted by Gasteiger charge is -2.19. The largest absolute Gasteiger partial charge is 0.497 e. The molecule has 0 saturated heterocycles. The summed E-state index contributed by atoms with van der Waals surface area (Å²) < 4.78 is 5.20. The fraction of sp³-hybridized carbons (Fsp3) is 0.350. The number of methoxy groups -OCH3 is 1. The lowest BCUT2D eigenvalue weighted by atomic mass is 10.2. The molecule has 1 unspecified atom stereocenters. The third kappa shape index (κ3) is 4.83. The van der Waals surface area contributed by atoms with Crippen LogP contribution in [0, 0.1) is 0 Å². The Kier molecular flexibility index (Phi) is 5.49. The van der Waals surface area contributed by atoms with Crippen molar-refractivity contribution in [1.29, 1.82) is 0 Å². The first kappa shape index (κ1) is 16.5. The van der Waals surface area contributed by atoms with Gasteiger partial charge in [0, 0.05) is 24.9 Å². The van der Waals surface area contributed by atoms with Crippen LogP contribution in [0.15, 0.2) is 54.6 Å². The number of carbonyl (C=O) groups excluding carboxylic acids is 1. The van der Waals surface area contributed by atoms with E-state index in [0.29, 0.717) is 19.1 Å². The number of amides is 1. The molecule has 1 aliphatic rings. The van der Waals surface area contributed by atoms with Crippen molar-refractivity contribution >= 4 is 5.91 Å². The van der Waals surface area contributed by atoms with Crippen molar-refractivity contribution in [2.24, 2.45) is 0 Å². The van der Waals surface area contributed by atoms with Crippen LogP contribution < -0.4 is 15.0 Å². The molecule has 0 spiro atoms. The van der Waals surface area contributed by atoms with Crippen LogP contribution in [0.5, 0.6) is 5.75 Å². The standard InChI is InChI=1S/C20H24N2O2/c1-24-19-11-7-17(8-12-19)14-22(18-9-10-18)15-20(23)21-13-16-5-3-2-4-6-16/h2-8,11-12,18H,9-10,13-15H2,1H3,(H,21,23)/p+1. The summed E-state index contributed by atoms with van der Waals surface area (Å²) in [5.41, 5.74) is 2.38. The molecule has 0 heterocycles. The van der Waals surface area contributed by atoms with Crippen molar-refractivity contribution < 1.29 is 14.4 Å². The summed E-state index contributed by atoms with van der Waals surface area (Å²) in [5, 5.41) is 3.04. The fourth-order valence-electron chi connectivity index (χ4n) is 2.91. The Balaban J connectivity index is 1.52. The summed E-state index contributed by atoms with van der Waals surface area (Å²) in [6, 6.07) is 18.8. The summed E-state index contributed by atoms with van der Waals surface area (Å²) in [6.07, 6.45) is 2.44. The Morgan fingerprint density at radius 3 is 2.42 bits per heavy atom. The van der Waals surface area contributed by atoms with Crippen molar-refractivity contribution in [2.75, 3.05) is 13.7 Å². The van der Waals surface area contributed by atoms with Crippen molar-refractivity contribution in [1.82, 2.24) is 5.32 Å². The van der Waals surface area contributed by atoms with E-state index in [1.807, 2.05) is 42.5 Å². The van der Waals surface area contributed by atoms with Crippen LogP contribution in [-0.4, -0.2) is 25.6 Å². The smallest absolute Gasteiger partial charge is 0.275 e. The molecule has 3 rings (SSSR count). The highest BCUT2D eigenvalue weighted by molar-refractivity contribution is 5.76. The number of benzene rings is 2. The molecule has 1 amide bonds. The van der Waals surface area contributed by atoms with E-state index in [2.05, 4.69) is 17.4 Å². The molecule has 0 bridgehead atoms. The second kappa shape index (κ2) is 7.97. The fourth-order valence-corrected chi connectivity index (χ4v) is 2.91. The van der Waals surface area contributed by atoms with Gasteiger partial charge in [-0.25, -0.2) is 0 Å². The predicted molar refractivity (Wildman–Crippen MR) is 93.8 cm³/mol.